The smallest absolute Gasteiger partial charge is 0.143 e. The van der Waals surface area contributed by atoms with Crippen LogP contribution in [-0.4, -0.2) is 7.11 Å². The molecule has 3 nitrogen and oxygen atoms in total. The van der Waals surface area contributed by atoms with E-state index in [1.54, 1.807) is 7.11 Å². The van der Waals surface area contributed by atoms with Crippen LogP contribution in [0.1, 0.15) is 22.3 Å². The van der Waals surface area contributed by atoms with Crippen molar-refractivity contribution in [1.29, 1.82) is 0 Å². The Morgan fingerprint density at radius 2 is 0.789 bits per heavy atom. The molecule has 5 aromatic rings. The van der Waals surface area contributed by atoms with E-state index in [9.17, 15) is 0 Å². The van der Waals surface area contributed by atoms with Crippen LogP contribution in [0.15, 0.2) is 115 Å². The molecule has 190 valence electrons. The number of aryl methyl sites for hydroxylation is 4. The first-order valence-electron chi connectivity index (χ1n) is 13.0. The van der Waals surface area contributed by atoms with E-state index in [-0.39, 0.29) is 0 Å². The quantitative estimate of drug-likeness (QED) is 0.222. The van der Waals surface area contributed by atoms with E-state index in [1.807, 2.05) is 0 Å². The molecule has 0 fully saturated rings. The number of hydrogen-bond acceptors (Lipinski definition) is 3. The fourth-order valence-corrected chi connectivity index (χ4v) is 4.93. The number of hydrogen-bond donors (Lipinski definition) is 0. The first-order chi connectivity index (χ1) is 18.4. The van der Waals surface area contributed by atoms with Crippen LogP contribution in [0.4, 0.5) is 34.1 Å². The Hall–Kier alpha value is -4.50. The average Bonchev–Trinajstić information content (AvgIpc) is 2.90. The van der Waals surface area contributed by atoms with Crippen LogP contribution in [0.25, 0.3) is 0 Å². The van der Waals surface area contributed by atoms with Gasteiger partial charge < -0.3 is 14.5 Å². The Balaban J connectivity index is 1.75. The molecular weight excluding hydrogens is 464 g/mol. The van der Waals surface area contributed by atoms with Gasteiger partial charge in [-0.3, -0.25) is 0 Å². The molecule has 5 rings (SSSR count). The summed E-state index contributed by atoms with van der Waals surface area (Å²) in [4.78, 5) is 4.60. The fraction of sp³-hybridized carbons (Fsp3) is 0.143. The largest absolute Gasteiger partial charge is 0.495 e. The highest BCUT2D eigenvalue weighted by atomic mass is 16.5. The van der Waals surface area contributed by atoms with Crippen LogP contribution in [0, 0.1) is 27.7 Å². The van der Waals surface area contributed by atoms with Crippen molar-refractivity contribution < 1.29 is 4.74 Å². The van der Waals surface area contributed by atoms with Gasteiger partial charge in [-0.2, -0.15) is 0 Å². The van der Waals surface area contributed by atoms with Gasteiger partial charge in [-0.05, 0) is 117 Å². The summed E-state index contributed by atoms with van der Waals surface area (Å²) >= 11 is 0. The molecule has 0 unspecified atom stereocenters. The van der Waals surface area contributed by atoms with Crippen molar-refractivity contribution in [1.82, 2.24) is 0 Å². The van der Waals surface area contributed by atoms with Gasteiger partial charge in [-0.1, -0.05) is 48.5 Å². The summed E-state index contributed by atoms with van der Waals surface area (Å²) in [5.41, 5.74) is 11.3. The molecule has 0 aromatic heterocycles. The number of nitrogens with zero attached hydrogens (tertiary/aromatic N) is 2. The third-order valence-electron chi connectivity index (χ3n) is 6.70. The minimum absolute atomic E-state index is 0.810. The third-order valence-corrected chi connectivity index (χ3v) is 6.70. The van der Waals surface area contributed by atoms with Crippen LogP contribution >= 0.6 is 0 Å². The standard InChI is InChI=1S/C35H34N2O/c1-25-10-6-14-29(20-25)36(30-15-7-11-26(2)21-30)33-18-19-35(38-5)34(24-33)37(31-16-8-12-27(3)22-31)32-17-9-13-28(4)23-32/h6-24H,1-5H3. The SMILES string of the molecule is COc1ccc(N(c2cccc(C)c2)c2cccc(C)c2)cc1N(c1cccc(C)c1)c1cccc(C)c1. The van der Waals surface area contributed by atoms with Crippen LogP contribution < -0.4 is 14.5 Å². The van der Waals surface area contributed by atoms with Crippen molar-refractivity contribution in [3.8, 4) is 5.75 Å². The molecule has 0 amide bonds. The van der Waals surface area contributed by atoms with Crippen molar-refractivity contribution in [2.24, 2.45) is 0 Å². The maximum Gasteiger partial charge on any atom is 0.143 e. The fourth-order valence-electron chi connectivity index (χ4n) is 4.93. The van der Waals surface area contributed by atoms with Crippen LogP contribution in [0.3, 0.4) is 0 Å². The normalized spacial score (nSPS) is 10.8. The number of rotatable bonds is 7. The van der Waals surface area contributed by atoms with Crippen LogP contribution in [-0.2, 0) is 0 Å². The highest BCUT2D eigenvalue weighted by molar-refractivity contribution is 5.86. The second-order valence-corrected chi connectivity index (χ2v) is 9.88. The van der Waals surface area contributed by atoms with Gasteiger partial charge in [0.05, 0.1) is 12.8 Å². The molecule has 38 heavy (non-hydrogen) atoms. The minimum atomic E-state index is 0.810. The zero-order valence-electron chi connectivity index (χ0n) is 22.8. The van der Waals surface area contributed by atoms with Gasteiger partial charge in [0.2, 0.25) is 0 Å². The molecule has 0 spiro atoms. The van der Waals surface area contributed by atoms with Gasteiger partial charge in [-0.15, -0.1) is 0 Å². The lowest BCUT2D eigenvalue weighted by Crippen LogP contribution is -2.14. The zero-order valence-corrected chi connectivity index (χ0v) is 22.8. The molecule has 0 aliphatic heterocycles. The van der Waals surface area contributed by atoms with Crippen molar-refractivity contribution in [3.63, 3.8) is 0 Å². The topological polar surface area (TPSA) is 15.7 Å². The van der Waals surface area contributed by atoms with Crippen LogP contribution in [0.2, 0.25) is 0 Å². The predicted octanol–water partition coefficient (Wildman–Crippen LogP) is 9.87. The summed E-state index contributed by atoms with van der Waals surface area (Å²) in [6.45, 7) is 8.52. The maximum absolute atomic E-state index is 5.95. The van der Waals surface area contributed by atoms with E-state index in [4.69, 9.17) is 4.74 Å². The van der Waals surface area contributed by atoms with Crippen molar-refractivity contribution in [2.75, 3.05) is 16.9 Å². The van der Waals surface area contributed by atoms with Crippen LogP contribution in [0.5, 0.6) is 5.75 Å². The Morgan fingerprint density at radius 3 is 1.16 bits per heavy atom. The summed E-state index contributed by atoms with van der Waals surface area (Å²) in [7, 11) is 1.74. The van der Waals surface area contributed by atoms with Crippen molar-refractivity contribution in [3.05, 3.63) is 138 Å². The molecule has 0 saturated heterocycles. The van der Waals surface area contributed by atoms with E-state index < -0.39 is 0 Å². The van der Waals surface area contributed by atoms with E-state index in [0.29, 0.717) is 0 Å². The molecule has 0 saturated carbocycles. The van der Waals surface area contributed by atoms with Gasteiger partial charge in [0.15, 0.2) is 0 Å². The highest BCUT2D eigenvalue weighted by Gasteiger charge is 2.21. The van der Waals surface area contributed by atoms with Gasteiger partial charge >= 0.3 is 0 Å². The van der Waals surface area contributed by atoms with Gasteiger partial charge in [0, 0.05) is 28.4 Å². The first kappa shape index (κ1) is 25.2. The number of ether oxygens (including phenoxy) is 1. The van der Waals surface area contributed by atoms with E-state index in [0.717, 1.165) is 39.9 Å². The maximum atomic E-state index is 5.95. The van der Waals surface area contributed by atoms with Gasteiger partial charge in [0.25, 0.3) is 0 Å². The number of benzene rings is 5. The molecule has 0 heterocycles. The van der Waals surface area contributed by atoms with Crippen molar-refractivity contribution in [2.45, 2.75) is 27.7 Å². The van der Waals surface area contributed by atoms with E-state index >= 15 is 0 Å². The zero-order chi connectivity index (χ0) is 26.6. The Bertz CT molecular complexity index is 1480. The van der Waals surface area contributed by atoms with Gasteiger partial charge in [-0.25, -0.2) is 0 Å². The molecule has 3 heteroatoms. The van der Waals surface area contributed by atoms with Crippen molar-refractivity contribution >= 4 is 34.1 Å². The van der Waals surface area contributed by atoms with E-state index in [1.165, 1.54) is 22.3 Å². The molecule has 0 bridgehead atoms. The second kappa shape index (κ2) is 10.9. The summed E-state index contributed by atoms with van der Waals surface area (Å²) in [5, 5.41) is 0. The lowest BCUT2D eigenvalue weighted by Gasteiger charge is -2.31. The lowest BCUT2D eigenvalue weighted by atomic mass is 10.1. The molecule has 0 aliphatic carbocycles. The molecule has 0 aliphatic rings. The Kier molecular flexibility index (Phi) is 7.19. The predicted molar refractivity (Wildman–Crippen MR) is 161 cm³/mol. The Morgan fingerprint density at radius 1 is 0.421 bits per heavy atom. The molecule has 5 aromatic carbocycles. The minimum Gasteiger partial charge on any atom is -0.495 e. The highest BCUT2D eigenvalue weighted by Crippen LogP contribution is 2.45. The lowest BCUT2D eigenvalue weighted by molar-refractivity contribution is 0.416. The average molecular weight is 499 g/mol. The second-order valence-electron chi connectivity index (χ2n) is 9.88. The third kappa shape index (κ3) is 5.28. The Labute approximate surface area is 226 Å². The van der Waals surface area contributed by atoms with Gasteiger partial charge in [0.1, 0.15) is 5.75 Å². The summed E-state index contributed by atoms with van der Waals surface area (Å²) in [6.07, 6.45) is 0. The summed E-state index contributed by atoms with van der Waals surface area (Å²) in [6, 6.07) is 40.9. The molecule has 0 atom stereocenters. The number of methoxy groups -OCH3 is 1. The first-order valence-corrected chi connectivity index (χ1v) is 13.0. The monoisotopic (exact) mass is 498 g/mol. The molecule has 0 N–H and O–H groups in total. The van der Waals surface area contributed by atoms with E-state index in [2.05, 4.69) is 153 Å². The summed E-state index contributed by atoms with van der Waals surface area (Å²) in [5.74, 6) is 0.810. The molecule has 0 radical (unpaired) electrons. The number of anilines is 6. The summed E-state index contributed by atoms with van der Waals surface area (Å²) < 4.78 is 5.95. The molecular formula is C35H34N2O.